The van der Waals surface area contributed by atoms with Crippen molar-refractivity contribution < 1.29 is 28.6 Å². The fraction of sp³-hybridized carbons (Fsp3) is 0.208. The van der Waals surface area contributed by atoms with Crippen LogP contribution in [-0.2, 0) is 20.8 Å². The number of carbonyl (C=O) groups is 3. The summed E-state index contributed by atoms with van der Waals surface area (Å²) in [6.07, 6.45) is 1.72. The summed E-state index contributed by atoms with van der Waals surface area (Å²) in [5.74, 6) is -0.306. The quantitative estimate of drug-likeness (QED) is 0.255. The van der Waals surface area contributed by atoms with Crippen LogP contribution in [0, 0.1) is 0 Å². The zero-order valence-corrected chi connectivity index (χ0v) is 20.3. The van der Waals surface area contributed by atoms with Gasteiger partial charge in [0.1, 0.15) is 5.75 Å². The number of anilines is 1. The van der Waals surface area contributed by atoms with E-state index in [0.717, 1.165) is 11.3 Å². The van der Waals surface area contributed by atoms with Gasteiger partial charge in [0.25, 0.3) is 0 Å². The molecule has 0 aliphatic heterocycles. The molecule has 10 nitrogen and oxygen atoms in total. The van der Waals surface area contributed by atoms with Crippen LogP contribution in [0.15, 0.2) is 60.3 Å². The molecule has 0 bridgehead atoms. The molecule has 1 amide bonds. The SMILES string of the molecule is C=CCn1c(SCC(=O)Nc2cc(C(=O)OC)cc(C(=O)OC)c2)nnc1-c1ccc(OC)cc1. The number of nitrogens with one attached hydrogen (secondary N) is 1. The highest BCUT2D eigenvalue weighted by atomic mass is 32.2. The van der Waals surface area contributed by atoms with Crippen molar-refractivity contribution in [3.63, 3.8) is 0 Å². The Hall–Kier alpha value is -4.12. The number of carbonyl (C=O) groups excluding carboxylic acids is 3. The number of aromatic nitrogens is 3. The lowest BCUT2D eigenvalue weighted by Crippen LogP contribution is -2.16. The highest BCUT2D eigenvalue weighted by Gasteiger charge is 2.17. The Morgan fingerprint density at radius 2 is 1.63 bits per heavy atom. The first kappa shape index (κ1) is 25.5. The summed E-state index contributed by atoms with van der Waals surface area (Å²) < 4.78 is 16.5. The van der Waals surface area contributed by atoms with Crippen molar-refractivity contribution >= 4 is 35.3 Å². The van der Waals surface area contributed by atoms with E-state index in [4.69, 9.17) is 14.2 Å². The van der Waals surface area contributed by atoms with Gasteiger partial charge in [0.2, 0.25) is 5.91 Å². The Labute approximate surface area is 206 Å². The number of methoxy groups -OCH3 is 3. The van der Waals surface area contributed by atoms with E-state index >= 15 is 0 Å². The Morgan fingerprint density at radius 1 is 1.00 bits per heavy atom. The third-order valence-electron chi connectivity index (χ3n) is 4.77. The van der Waals surface area contributed by atoms with Gasteiger partial charge in [-0.1, -0.05) is 17.8 Å². The maximum absolute atomic E-state index is 12.6. The molecule has 0 spiro atoms. The molecule has 3 aromatic rings. The van der Waals surface area contributed by atoms with Crippen molar-refractivity contribution in [2.75, 3.05) is 32.4 Å². The molecule has 1 heterocycles. The summed E-state index contributed by atoms with van der Waals surface area (Å²) in [4.78, 5) is 36.6. The Balaban J connectivity index is 1.76. The van der Waals surface area contributed by atoms with Crippen molar-refractivity contribution in [1.29, 1.82) is 0 Å². The summed E-state index contributed by atoms with van der Waals surface area (Å²) in [6.45, 7) is 4.23. The van der Waals surface area contributed by atoms with Gasteiger partial charge in [-0.15, -0.1) is 16.8 Å². The number of benzene rings is 2. The normalized spacial score (nSPS) is 10.4. The van der Waals surface area contributed by atoms with Crippen LogP contribution in [0.1, 0.15) is 20.7 Å². The summed E-state index contributed by atoms with van der Waals surface area (Å²) in [6, 6.07) is 11.6. The lowest BCUT2D eigenvalue weighted by atomic mass is 10.1. The van der Waals surface area contributed by atoms with Crippen LogP contribution < -0.4 is 10.1 Å². The van der Waals surface area contributed by atoms with Crippen LogP contribution in [0.5, 0.6) is 5.75 Å². The number of ether oxygens (including phenoxy) is 3. The van der Waals surface area contributed by atoms with E-state index in [1.54, 1.807) is 13.2 Å². The molecule has 0 saturated heterocycles. The number of rotatable bonds is 10. The Kier molecular flexibility index (Phi) is 8.63. The van der Waals surface area contributed by atoms with Gasteiger partial charge < -0.3 is 19.5 Å². The van der Waals surface area contributed by atoms with Crippen LogP contribution in [0.25, 0.3) is 11.4 Å². The average Bonchev–Trinajstić information content (AvgIpc) is 3.28. The van der Waals surface area contributed by atoms with Crippen LogP contribution in [0.2, 0.25) is 0 Å². The second-order valence-corrected chi connectivity index (χ2v) is 8.00. The number of hydrogen-bond acceptors (Lipinski definition) is 9. The van der Waals surface area contributed by atoms with Gasteiger partial charge in [-0.3, -0.25) is 9.36 Å². The predicted octanol–water partition coefficient (Wildman–Crippen LogP) is 3.44. The number of hydrogen-bond donors (Lipinski definition) is 1. The lowest BCUT2D eigenvalue weighted by molar-refractivity contribution is -0.113. The maximum Gasteiger partial charge on any atom is 0.337 e. The van der Waals surface area contributed by atoms with Crippen molar-refractivity contribution in [3.05, 3.63) is 66.2 Å². The molecule has 0 saturated carbocycles. The zero-order valence-electron chi connectivity index (χ0n) is 19.4. The van der Waals surface area contributed by atoms with Gasteiger partial charge in [0.05, 0.1) is 38.2 Å². The van der Waals surface area contributed by atoms with E-state index in [0.29, 0.717) is 17.5 Å². The second kappa shape index (κ2) is 11.8. The number of amides is 1. The summed E-state index contributed by atoms with van der Waals surface area (Å²) in [7, 11) is 4.04. The molecule has 3 rings (SSSR count). The minimum atomic E-state index is -0.649. The summed E-state index contributed by atoms with van der Waals surface area (Å²) >= 11 is 1.19. The van der Waals surface area contributed by atoms with Gasteiger partial charge in [-0.05, 0) is 42.5 Å². The summed E-state index contributed by atoms with van der Waals surface area (Å²) in [5.41, 5.74) is 1.30. The van der Waals surface area contributed by atoms with E-state index in [-0.39, 0.29) is 28.5 Å². The molecule has 1 N–H and O–H groups in total. The van der Waals surface area contributed by atoms with Gasteiger partial charge in [-0.2, -0.15) is 0 Å². The molecule has 0 aliphatic carbocycles. The van der Waals surface area contributed by atoms with Crippen LogP contribution in [0.4, 0.5) is 5.69 Å². The first-order chi connectivity index (χ1) is 16.9. The molecular weight excluding hydrogens is 472 g/mol. The minimum Gasteiger partial charge on any atom is -0.497 e. The van der Waals surface area contributed by atoms with Crippen molar-refractivity contribution in [2.24, 2.45) is 0 Å². The predicted molar refractivity (Wildman–Crippen MR) is 131 cm³/mol. The Bertz CT molecular complexity index is 1210. The van der Waals surface area contributed by atoms with Crippen molar-refractivity contribution in [1.82, 2.24) is 14.8 Å². The van der Waals surface area contributed by atoms with E-state index in [2.05, 4.69) is 22.1 Å². The van der Waals surface area contributed by atoms with Gasteiger partial charge in [-0.25, -0.2) is 9.59 Å². The van der Waals surface area contributed by atoms with Crippen LogP contribution in [0.3, 0.4) is 0 Å². The third-order valence-corrected chi connectivity index (χ3v) is 5.73. The largest absolute Gasteiger partial charge is 0.497 e. The summed E-state index contributed by atoms with van der Waals surface area (Å²) in [5, 5.41) is 11.7. The zero-order chi connectivity index (χ0) is 25.4. The fourth-order valence-corrected chi connectivity index (χ4v) is 3.89. The maximum atomic E-state index is 12.6. The van der Waals surface area contributed by atoms with Crippen LogP contribution in [-0.4, -0.2) is 59.7 Å². The van der Waals surface area contributed by atoms with Crippen molar-refractivity contribution in [2.45, 2.75) is 11.7 Å². The van der Waals surface area contributed by atoms with Gasteiger partial charge in [0, 0.05) is 17.8 Å². The van der Waals surface area contributed by atoms with Crippen LogP contribution >= 0.6 is 11.8 Å². The standard InChI is InChI=1S/C24H24N4O6S/c1-5-10-28-21(15-6-8-19(32-2)9-7-15)26-27-24(28)35-14-20(29)25-18-12-16(22(30)33-3)11-17(13-18)23(31)34-4/h5-9,11-13H,1,10,14H2,2-4H3,(H,25,29). The average molecular weight is 497 g/mol. The topological polar surface area (TPSA) is 122 Å². The number of esters is 2. The number of nitrogens with zero attached hydrogens (tertiary/aromatic N) is 3. The second-order valence-electron chi connectivity index (χ2n) is 7.05. The third kappa shape index (κ3) is 6.27. The van der Waals surface area contributed by atoms with Gasteiger partial charge in [0.15, 0.2) is 11.0 Å². The van der Waals surface area contributed by atoms with E-state index in [1.807, 2.05) is 28.8 Å². The fourth-order valence-electron chi connectivity index (χ4n) is 3.14. The smallest absolute Gasteiger partial charge is 0.337 e. The molecule has 0 fully saturated rings. The molecule has 1 aromatic heterocycles. The highest BCUT2D eigenvalue weighted by molar-refractivity contribution is 7.99. The monoisotopic (exact) mass is 496 g/mol. The first-order valence-corrected chi connectivity index (χ1v) is 11.3. The Morgan fingerprint density at radius 3 is 2.17 bits per heavy atom. The van der Waals surface area contributed by atoms with E-state index in [9.17, 15) is 14.4 Å². The van der Waals surface area contributed by atoms with E-state index < -0.39 is 11.9 Å². The minimum absolute atomic E-state index is 0.00784. The molecule has 0 radical (unpaired) electrons. The molecular formula is C24H24N4O6S. The molecule has 0 atom stereocenters. The van der Waals surface area contributed by atoms with E-state index in [1.165, 1.54) is 44.2 Å². The number of thioether (sulfide) groups is 1. The first-order valence-electron chi connectivity index (χ1n) is 10.3. The molecule has 182 valence electrons. The highest BCUT2D eigenvalue weighted by Crippen LogP contribution is 2.26. The number of allylic oxidation sites excluding steroid dienone is 1. The lowest BCUT2D eigenvalue weighted by Gasteiger charge is -2.10. The van der Waals surface area contributed by atoms with Gasteiger partial charge >= 0.3 is 11.9 Å². The molecule has 35 heavy (non-hydrogen) atoms. The van der Waals surface area contributed by atoms with Crippen molar-refractivity contribution in [3.8, 4) is 17.1 Å². The molecule has 0 aliphatic rings. The molecule has 11 heteroatoms. The molecule has 2 aromatic carbocycles. The molecule has 0 unspecified atom stereocenters.